The summed E-state index contributed by atoms with van der Waals surface area (Å²) in [5.41, 5.74) is 0.988. The summed E-state index contributed by atoms with van der Waals surface area (Å²) in [5.74, 6) is 0. The van der Waals surface area contributed by atoms with Gasteiger partial charge in [-0.1, -0.05) is 0 Å². The molecular formula is C8H15N3O2. The molecule has 5 nitrogen and oxygen atoms in total. The number of imidazole rings is 1. The van der Waals surface area contributed by atoms with Gasteiger partial charge in [0.2, 0.25) is 0 Å². The molecule has 0 saturated carbocycles. The molecule has 0 aromatic carbocycles. The van der Waals surface area contributed by atoms with Gasteiger partial charge in [0.25, 0.3) is 0 Å². The number of nitrogens with one attached hydrogen (secondary N) is 1. The molecule has 13 heavy (non-hydrogen) atoms. The lowest BCUT2D eigenvalue weighted by Crippen LogP contribution is -2.29. The van der Waals surface area contributed by atoms with Crippen LogP contribution < -0.4 is 0 Å². The maximum absolute atomic E-state index is 8.74. The molecule has 5 heteroatoms. The molecule has 0 saturated heterocycles. The molecule has 0 aliphatic heterocycles. The van der Waals surface area contributed by atoms with Crippen LogP contribution in [-0.2, 0) is 6.54 Å². The van der Waals surface area contributed by atoms with Gasteiger partial charge in [0.1, 0.15) is 0 Å². The zero-order chi connectivity index (χ0) is 9.52. The van der Waals surface area contributed by atoms with E-state index in [1.807, 2.05) is 4.90 Å². The van der Waals surface area contributed by atoms with Crippen LogP contribution in [0.4, 0.5) is 0 Å². The summed E-state index contributed by atoms with van der Waals surface area (Å²) in [6.45, 7) is 2.03. The van der Waals surface area contributed by atoms with Gasteiger partial charge in [-0.05, 0) is 0 Å². The highest BCUT2D eigenvalue weighted by molar-refractivity contribution is 4.93. The maximum Gasteiger partial charge on any atom is 0.0922 e. The minimum absolute atomic E-state index is 0.105. The quantitative estimate of drug-likeness (QED) is 0.542. The van der Waals surface area contributed by atoms with Crippen molar-refractivity contribution in [2.24, 2.45) is 0 Å². The lowest BCUT2D eigenvalue weighted by atomic mass is 10.4. The second-order valence-electron chi connectivity index (χ2n) is 2.80. The summed E-state index contributed by atoms with van der Waals surface area (Å²) >= 11 is 0. The number of H-pyrrole nitrogens is 1. The van der Waals surface area contributed by atoms with Crippen molar-refractivity contribution in [2.75, 3.05) is 26.3 Å². The molecular weight excluding hydrogens is 170 g/mol. The highest BCUT2D eigenvalue weighted by Gasteiger charge is 2.04. The van der Waals surface area contributed by atoms with Crippen LogP contribution in [0.1, 0.15) is 5.69 Å². The van der Waals surface area contributed by atoms with E-state index in [1.165, 1.54) is 0 Å². The van der Waals surface area contributed by atoms with Crippen molar-refractivity contribution in [2.45, 2.75) is 6.54 Å². The number of nitrogens with zero attached hydrogens (tertiary/aromatic N) is 2. The number of hydrogen-bond acceptors (Lipinski definition) is 4. The van der Waals surface area contributed by atoms with E-state index >= 15 is 0 Å². The summed E-state index contributed by atoms with van der Waals surface area (Å²) in [6.07, 6.45) is 3.35. The summed E-state index contributed by atoms with van der Waals surface area (Å²) in [4.78, 5) is 8.81. The van der Waals surface area contributed by atoms with Crippen LogP contribution in [-0.4, -0.2) is 51.4 Å². The topological polar surface area (TPSA) is 72.4 Å². The van der Waals surface area contributed by atoms with E-state index in [9.17, 15) is 0 Å². The van der Waals surface area contributed by atoms with Crippen molar-refractivity contribution in [1.82, 2.24) is 14.9 Å². The molecule has 0 aliphatic carbocycles. The van der Waals surface area contributed by atoms with Crippen molar-refractivity contribution in [3.8, 4) is 0 Å². The summed E-state index contributed by atoms with van der Waals surface area (Å²) in [7, 11) is 0. The second-order valence-corrected chi connectivity index (χ2v) is 2.80. The minimum atomic E-state index is 0.105. The van der Waals surface area contributed by atoms with Crippen LogP contribution >= 0.6 is 0 Å². The number of aliphatic hydroxyl groups excluding tert-OH is 2. The molecule has 0 aliphatic rings. The van der Waals surface area contributed by atoms with Crippen molar-refractivity contribution >= 4 is 0 Å². The smallest absolute Gasteiger partial charge is 0.0922 e. The maximum atomic E-state index is 8.74. The minimum Gasteiger partial charge on any atom is -0.395 e. The Morgan fingerprint density at radius 1 is 1.31 bits per heavy atom. The average molecular weight is 185 g/mol. The van der Waals surface area contributed by atoms with E-state index < -0.39 is 0 Å². The summed E-state index contributed by atoms with van der Waals surface area (Å²) < 4.78 is 0. The van der Waals surface area contributed by atoms with Gasteiger partial charge in [-0.25, -0.2) is 4.98 Å². The second kappa shape index (κ2) is 5.69. The van der Waals surface area contributed by atoms with Gasteiger partial charge in [0.15, 0.2) is 0 Å². The first kappa shape index (κ1) is 10.2. The van der Waals surface area contributed by atoms with Gasteiger partial charge in [0.05, 0.1) is 19.5 Å². The summed E-state index contributed by atoms with van der Waals surface area (Å²) in [6, 6.07) is 0. The Balaban J connectivity index is 2.37. The monoisotopic (exact) mass is 185 g/mol. The van der Waals surface area contributed by atoms with E-state index in [0.717, 1.165) is 5.69 Å². The molecule has 1 aromatic heterocycles. The van der Waals surface area contributed by atoms with Gasteiger partial charge in [0, 0.05) is 31.5 Å². The Kier molecular flexibility index (Phi) is 4.45. The molecule has 3 N–H and O–H groups in total. The van der Waals surface area contributed by atoms with Gasteiger partial charge in [-0.2, -0.15) is 0 Å². The van der Waals surface area contributed by atoms with Crippen LogP contribution in [0.5, 0.6) is 0 Å². The van der Waals surface area contributed by atoms with Crippen LogP contribution in [0.15, 0.2) is 12.5 Å². The lowest BCUT2D eigenvalue weighted by molar-refractivity contribution is 0.155. The lowest BCUT2D eigenvalue weighted by Gasteiger charge is -2.18. The fraction of sp³-hybridized carbons (Fsp3) is 0.625. The zero-order valence-electron chi connectivity index (χ0n) is 7.48. The SMILES string of the molecule is OCCN(CCO)Cc1cnc[nH]1. The van der Waals surface area contributed by atoms with Crippen LogP contribution in [0.25, 0.3) is 0 Å². The van der Waals surface area contributed by atoms with Crippen LogP contribution in [0, 0.1) is 0 Å². The largest absolute Gasteiger partial charge is 0.395 e. The number of rotatable bonds is 6. The van der Waals surface area contributed by atoms with Crippen LogP contribution in [0.3, 0.4) is 0 Å². The van der Waals surface area contributed by atoms with Gasteiger partial charge >= 0.3 is 0 Å². The highest BCUT2D eigenvalue weighted by Crippen LogP contribution is 1.98. The van der Waals surface area contributed by atoms with Crippen molar-refractivity contribution in [3.05, 3.63) is 18.2 Å². The normalized spacial score (nSPS) is 11.0. The number of aromatic amines is 1. The molecule has 0 spiro atoms. The summed E-state index contributed by atoms with van der Waals surface area (Å²) in [5, 5.41) is 17.5. The zero-order valence-corrected chi connectivity index (χ0v) is 7.48. The molecule has 0 amide bonds. The standard InChI is InChI=1S/C8H15N3O2/c12-3-1-11(2-4-13)6-8-5-9-7-10-8/h5,7,12-13H,1-4,6H2,(H,9,10). The van der Waals surface area contributed by atoms with Gasteiger partial charge < -0.3 is 15.2 Å². The molecule has 1 rings (SSSR count). The Hall–Kier alpha value is -0.910. The van der Waals surface area contributed by atoms with E-state index in [-0.39, 0.29) is 13.2 Å². The van der Waals surface area contributed by atoms with Gasteiger partial charge in [-0.15, -0.1) is 0 Å². The molecule has 0 unspecified atom stereocenters. The molecule has 0 radical (unpaired) electrons. The molecule has 1 heterocycles. The Labute approximate surface area is 77.0 Å². The fourth-order valence-corrected chi connectivity index (χ4v) is 1.16. The Morgan fingerprint density at radius 3 is 2.46 bits per heavy atom. The van der Waals surface area contributed by atoms with Gasteiger partial charge in [-0.3, -0.25) is 4.90 Å². The number of aliphatic hydroxyl groups is 2. The Morgan fingerprint density at radius 2 is 2.00 bits per heavy atom. The first-order chi connectivity index (χ1) is 6.36. The molecule has 1 aromatic rings. The van der Waals surface area contributed by atoms with Crippen LogP contribution in [0.2, 0.25) is 0 Å². The predicted octanol–water partition coefficient (Wildman–Crippen LogP) is -0.804. The Bertz CT molecular complexity index is 207. The molecule has 0 bridgehead atoms. The first-order valence-electron chi connectivity index (χ1n) is 4.28. The van der Waals surface area contributed by atoms with Crippen molar-refractivity contribution in [1.29, 1.82) is 0 Å². The predicted molar refractivity (Wildman–Crippen MR) is 48.0 cm³/mol. The van der Waals surface area contributed by atoms with E-state index in [0.29, 0.717) is 19.6 Å². The van der Waals surface area contributed by atoms with E-state index in [4.69, 9.17) is 10.2 Å². The number of aromatic nitrogens is 2. The van der Waals surface area contributed by atoms with E-state index in [1.54, 1.807) is 12.5 Å². The van der Waals surface area contributed by atoms with Crippen molar-refractivity contribution in [3.63, 3.8) is 0 Å². The third kappa shape index (κ3) is 3.54. The molecule has 0 fully saturated rings. The van der Waals surface area contributed by atoms with Crippen molar-refractivity contribution < 1.29 is 10.2 Å². The third-order valence-electron chi connectivity index (χ3n) is 1.78. The number of hydrogen-bond donors (Lipinski definition) is 3. The molecule has 74 valence electrons. The van der Waals surface area contributed by atoms with E-state index in [2.05, 4.69) is 9.97 Å². The highest BCUT2D eigenvalue weighted by atomic mass is 16.3. The fourth-order valence-electron chi connectivity index (χ4n) is 1.16. The first-order valence-corrected chi connectivity index (χ1v) is 4.28. The third-order valence-corrected chi connectivity index (χ3v) is 1.78. The average Bonchev–Trinajstić information content (AvgIpc) is 2.58. The molecule has 0 atom stereocenters.